The van der Waals surface area contributed by atoms with E-state index in [1.807, 2.05) is 0 Å². The Hall–Kier alpha value is -1.26. The van der Waals surface area contributed by atoms with Crippen molar-refractivity contribution >= 4 is 40.7 Å². The lowest BCUT2D eigenvalue weighted by molar-refractivity contribution is -0.121. The van der Waals surface area contributed by atoms with Crippen molar-refractivity contribution in [1.82, 2.24) is 5.32 Å². The van der Waals surface area contributed by atoms with E-state index >= 15 is 0 Å². The van der Waals surface area contributed by atoms with Crippen LogP contribution in [0.5, 0.6) is 0 Å². The molecule has 1 unspecified atom stereocenters. The molecule has 0 bridgehead atoms. The van der Waals surface area contributed by atoms with Gasteiger partial charge in [0.2, 0.25) is 11.8 Å². The maximum absolute atomic E-state index is 11.9. The fourth-order valence-corrected chi connectivity index (χ4v) is 2.36. The van der Waals surface area contributed by atoms with Gasteiger partial charge in [0.15, 0.2) is 0 Å². The summed E-state index contributed by atoms with van der Waals surface area (Å²) in [4.78, 5) is 25.0. The Morgan fingerprint density at radius 3 is 2.68 bits per heavy atom. The van der Waals surface area contributed by atoms with Gasteiger partial charge in [-0.1, -0.05) is 11.6 Å². The third kappa shape index (κ3) is 3.61. The molecule has 1 aliphatic heterocycles. The Morgan fingerprint density at radius 2 is 2.05 bits per heavy atom. The van der Waals surface area contributed by atoms with Crippen LogP contribution in [0.4, 0.5) is 5.69 Å². The molecule has 0 spiro atoms. The lowest BCUT2D eigenvalue weighted by Crippen LogP contribution is -2.37. The SMILES string of the molecule is O=C(CCCl)NC1CC(=O)N(c2ccc(Cl)cc2)C1. The average molecular weight is 301 g/mol. The monoisotopic (exact) mass is 300 g/mol. The summed E-state index contributed by atoms with van der Waals surface area (Å²) in [6.45, 7) is 0.481. The van der Waals surface area contributed by atoms with Crippen molar-refractivity contribution in [2.45, 2.75) is 18.9 Å². The minimum atomic E-state index is -0.154. The third-order valence-corrected chi connectivity index (χ3v) is 3.39. The summed E-state index contributed by atoms with van der Waals surface area (Å²) >= 11 is 11.3. The van der Waals surface area contributed by atoms with Crippen LogP contribution in [0.3, 0.4) is 0 Å². The van der Waals surface area contributed by atoms with Crippen LogP contribution < -0.4 is 10.2 Å². The molecule has 2 rings (SSSR count). The van der Waals surface area contributed by atoms with Crippen molar-refractivity contribution in [3.8, 4) is 0 Å². The normalized spacial score (nSPS) is 18.7. The first-order valence-corrected chi connectivity index (χ1v) is 6.92. The van der Waals surface area contributed by atoms with Crippen molar-refractivity contribution in [2.24, 2.45) is 0 Å². The van der Waals surface area contributed by atoms with Gasteiger partial charge in [0.05, 0.1) is 6.04 Å². The summed E-state index contributed by atoms with van der Waals surface area (Å²) in [5, 5.41) is 3.44. The Kier molecular flexibility index (Phi) is 4.66. The summed E-state index contributed by atoms with van der Waals surface area (Å²) in [5.74, 6) is 0.164. The molecule has 1 saturated heterocycles. The van der Waals surface area contributed by atoms with Crippen molar-refractivity contribution in [2.75, 3.05) is 17.3 Å². The van der Waals surface area contributed by atoms with Crippen LogP contribution in [0.25, 0.3) is 0 Å². The average Bonchev–Trinajstić information content (AvgIpc) is 2.71. The first-order valence-electron chi connectivity index (χ1n) is 6.01. The van der Waals surface area contributed by atoms with Gasteiger partial charge in [0, 0.05) is 36.0 Å². The van der Waals surface area contributed by atoms with Crippen molar-refractivity contribution in [3.63, 3.8) is 0 Å². The van der Waals surface area contributed by atoms with Crippen LogP contribution in [0.1, 0.15) is 12.8 Å². The maximum atomic E-state index is 11.9. The fourth-order valence-electron chi connectivity index (χ4n) is 2.06. The van der Waals surface area contributed by atoms with Gasteiger partial charge in [-0.15, -0.1) is 11.6 Å². The van der Waals surface area contributed by atoms with Gasteiger partial charge >= 0.3 is 0 Å². The Morgan fingerprint density at radius 1 is 1.37 bits per heavy atom. The number of hydrogen-bond acceptors (Lipinski definition) is 2. The number of halogens is 2. The molecule has 6 heteroatoms. The highest BCUT2D eigenvalue weighted by Crippen LogP contribution is 2.23. The van der Waals surface area contributed by atoms with Crippen molar-refractivity contribution in [1.29, 1.82) is 0 Å². The number of carbonyl (C=O) groups excluding carboxylic acids is 2. The van der Waals surface area contributed by atoms with E-state index < -0.39 is 0 Å². The summed E-state index contributed by atoms with van der Waals surface area (Å²) < 4.78 is 0. The highest BCUT2D eigenvalue weighted by Gasteiger charge is 2.31. The molecule has 1 atom stereocenters. The molecule has 1 aliphatic rings. The quantitative estimate of drug-likeness (QED) is 0.867. The van der Waals surface area contributed by atoms with E-state index in [4.69, 9.17) is 23.2 Å². The van der Waals surface area contributed by atoms with E-state index in [0.29, 0.717) is 18.0 Å². The molecule has 1 heterocycles. The molecular formula is C13H14Cl2N2O2. The number of hydrogen-bond donors (Lipinski definition) is 1. The number of alkyl halides is 1. The Bertz CT molecular complexity index is 476. The van der Waals surface area contributed by atoms with Crippen molar-refractivity contribution in [3.05, 3.63) is 29.3 Å². The maximum Gasteiger partial charge on any atom is 0.229 e. The molecule has 1 aromatic rings. The predicted molar refractivity (Wildman–Crippen MR) is 75.7 cm³/mol. The van der Waals surface area contributed by atoms with Crippen molar-refractivity contribution < 1.29 is 9.59 Å². The van der Waals surface area contributed by atoms with Gasteiger partial charge < -0.3 is 10.2 Å². The number of amides is 2. The Balaban J connectivity index is 1.99. The predicted octanol–water partition coefficient (Wildman–Crippen LogP) is 2.19. The number of carbonyl (C=O) groups is 2. The lowest BCUT2D eigenvalue weighted by atomic mass is 10.2. The minimum Gasteiger partial charge on any atom is -0.351 e. The lowest BCUT2D eigenvalue weighted by Gasteiger charge is -2.17. The molecule has 102 valence electrons. The number of nitrogens with zero attached hydrogens (tertiary/aromatic N) is 1. The summed E-state index contributed by atoms with van der Waals surface area (Å²) in [5.41, 5.74) is 0.795. The topological polar surface area (TPSA) is 49.4 Å². The molecule has 1 N–H and O–H groups in total. The van der Waals surface area contributed by atoms with E-state index in [9.17, 15) is 9.59 Å². The van der Waals surface area contributed by atoms with Gasteiger partial charge in [-0.25, -0.2) is 0 Å². The largest absolute Gasteiger partial charge is 0.351 e. The molecule has 0 aliphatic carbocycles. The van der Waals surface area contributed by atoms with E-state index in [2.05, 4.69) is 5.32 Å². The first kappa shape index (κ1) is 14.2. The smallest absolute Gasteiger partial charge is 0.229 e. The first-order chi connectivity index (χ1) is 9.10. The molecule has 19 heavy (non-hydrogen) atoms. The number of anilines is 1. The van der Waals surface area contributed by atoms with Crippen LogP contribution in [-0.4, -0.2) is 30.3 Å². The molecule has 0 radical (unpaired) electrons. The van der Waals surface area contributed by atoms with Gasteiger partial charge in [-0.2, -0.15) is 0 Å². The van der Waals surface area contributed by atoms with Gasteiger partial charge in [-0.3, -0.25) is 9.59 Å². The van der Waals surface area contributed by atoms with E-state index in [0.717, 1.165) is 5.69 Å². The fraction of sp³-hybridized carbons (Fsp3) is 0.385. The number of benzene rings is 1. The van der Waals surface area contributed by atoms with Gasteiger partial charge in [0.1, 0.15) is 0 Å². The zero-order chi connectivity index (χ0) is 13.8. The second-order valence-corrected chi connectivity index (χ2v) is 5.20. The standard InChI is InChI=1S/C13H14Cl2N2O2/c14-6-5-12(18)16-10-7-13(19)17(8-10)11-3-1-9(15)2-4-11/h1-4,10H,5-8H2,(H,16,18). The van der Waals surface area contributed by atoms with E-state index in [1.54, 1.807) is 29.2 Å². The zero-order valence-electron chi connectivity index (χ0n) is 10.2. The summed E-state index contributed by atoms with van der Waals surface area (Å²) in [6.07, 6.45) is 0.587. The van der Waals surface area contributed by atoms with Crippen LogP contribution >= 0.6 is 23.2 Å². The Labute approximate surface area is 121 Å². The second kappa shape index (κ2) is 6.26. The summed E-state index contributed by atoms with van der Waals surface area (Å²) in [6, 6.07) is 6.92. The molecule has 2 amide bonds. The number of nitrogens with one attached hydrogen (secondary N) is 1. The molecule has 1 aromatic carbocycles. The van der Waals surface area contributed by atoms with E-state index in [-0.39, 0.29) is 30.2 Å². The third-order valence-electron chi connectivity index (χ3n) is 2.95. The van der Waals surface area contributed by atoms with Gasteiger partial charge in [0.25, 0.3) is 0 Å². The second-order valence-electron chi connectivity index (χ2n) is 4.39. The highest BCUT2D eigenvalue weighted by molar-refractivity contribution is 6.30. The van der Waals surface area contributed by atoms with E-state index in [1.165, 1.54) is 0 Å². The van der Waals surface area contributed by atoms with Crippen LogP contribution in [0.15, 0.2) is 24.3 Å². The van der Waals surface area contributed by atoms with Gasteiger partial charge in [-0.05, 0) is 24.3 Å². The summed E-state index contributed by atoms with van der Waals surface area (Å²) in [7, 11) is 0. The molecule has 4 nitrogen and oxygen atoms in total. The number of rotatable bonds is 4. The molecule has 0 aromatic heterocycles. The minimum absolute atomic E-state index is 0.00139. The van der Waals surface area contributed by atoms with Crippen LogP contribution in [0.2, 0.25) is 5.02 Å². The van der Waals surface area contributed by atoms with Crippen LogP contribution in [-0.2, 0) is 9.59 Å². The molecule has 1 fully saturated rings. The zero-order valence-corrected chi connectivity index (χ0v) is 11.7. The van der Waals surface area contributed by atoms with Crippen LogP contribution in [0, 0.1) is 0 Å². The highest BCUT2D eigenvalue weighted by atomic mass is 35.5. The molecule has 0 saturated carbocycles. The molecular weight excluding hydrogens is 287 g/mol.